The van der Waals surface area contributed by atoms with Crippen molar-refractivity contribution in [2.45, 2.75) is 17.5 Å². The second-order valence-corrected chi connectivity index (χ2v) is 10.0. The highest BCUT2D eigenvalue weighted by Gasteiger charge is 2.69. The summed E-state index contributed by atoms with van der Waals surface area (Å²) in [6, 6.07) is 18.9. The number of halogens is 1. The Bertz CT molecular complexity index is 1360. The predicted molar refractivity (Wildman–Crippen MR) is 130 cm³/mol. The minimum absolute atomic E-state index is 0.0375. The molecule has 3 aromatic rings. The van der Waals surface area contributed by atoms with E-state index in [4.69, 9.17) is 0 Å². The number of nitro groups is 1. The second kappa shape index (κ2) is 8.00. The Balaban J connectivity index is 1.58. The lowest BCUT2D eigenvalue weighted by Gasteiger charge is -2.36. The van der Waals surface area contributed by atoms with Crippen molar-refractivity contribution in [2.75, 3.05) is 16.9 Å². The summed E-state index contributed by atoms with van der Waals surface area (Å²) >= 11 is 1.70. The number of hydrogen-bond acceptors (Lipinski definition) is 6. The standard InChI is InChI=1S/C26H20FN3O4S/c27-17-9-5-16(6-10-17)24(31)23-22(15-7-11-18(12-8-15)30(33)34)21-13-35-14-29(21)26(23)19-3-1-2-4-20(19)28-25(26)32/h1-12,21-23H,13-14H2,(H,28,32)/t21-,22+,23+,26-/m1/s1. The Hall–Kier alpha value is -3.56. The van der Waals surface area contributed by atoms with Gasteiger partial charge in [-0.3, -0.25) is 24.6 Å². The molecule has 0 aromatic heterocycles. The number of anilines is 1. The molecular formula is C26H20FN3O4S. The molecule has 1 amide bonds. The van der Waals surface area contributed by atoms with E-state index in [0.29, 0.717) is 22.9 Å². The number of rotatable bonds is 4. The molecule has 3 aliphatic heterocycles. The van der Waals surface area contributed by atoms with E-state index in [1.54, 1.807) is 23.9 Å². The summed E-state index contributed by atoms with van der Waals surface area (Å²) in [5.41, 5.74) is 1.25. The first-order valence-corrected chi connectivity index (χ1v) is 12.4. The van der Waals surface area contributed by atoms with Crippen LogP contribution in [0.5, 0.6) is 0 Å². The van der Waals surface area contributed by atoms with Crippen molar-refractivity contribution >= 4 is 34.8 Å². The maximum absolute atomic E-state index is 14.2. The molecule has 176 valence electrons. The monoisotopic (exact) mass is 489 g/mol. The molecule has 9 heteroatoms. The van der Waals surface area contributed by atoms with Gasteiger partial charge in [0.1, 0.15) is 11.4 Å². The Kier molecular flexibility index (Phi) is 5.01. The number of amides is 1. The zero-order chi connectivity index (χ0) is 24.3. The molecule has 0 aliphatic carbocycles. The number of carbonyl (C=O) groups is 2. The number of hydrogen-bond donors (Lipinski definition) is 1. The van der Waals surface area contributed by atoms with Crippen LogP contribution in [0, 0.1) is 21.8 Å². The lowest BCUT2D eigenvalue weighted by molar-refractivity contribution is -0.384. The van der Waals surface area contributed by atoms with Gasteiger partial charge in [-0.1, -0.05) is 30.3 Å². The third kappa shape index (κ3) is 3.08. The number of thioether (sulfide) groups is 1. The fourth-order valence-corrected chi connectivity index (χ4v) is 7.34. The van der Waals surface area contributed by atoms with Crippen LogP contribution < -0.4 is 5.32 Å². The van der Waals surface area contributed by atoms with Gasteiger partial charge in [0.2, 0.25) is 5.91 Å². The molecule has 1 spiro atoms. The fourth-order valence-electron chi connectivity index (χ4n) is 6.02. The molecule has 7 nitrogen and oxygen atoms in total. The lowest BCUT2D eigenvalue weighted by Crippen LogP contribution is -2.52. The highest BCUT2D eigenvalue weighted by atomic mass is 32.2. The highest BCUT2D eigenvalue weighted by Crippen LogP contribution is 2.61. The van der Waals surface area contributed by atoms with E-state index in [1.165, 1.54) is 36.4 Å². The largest absolute Gasteiger partial charge is 0.324 e. The molecule has 35 heavy (non-hydrogen) atoms. The molecule has 3 heterocycles. The van der Waals surface area contributed by atoms with Gasteiger partial charge >= 0.3 is 0 Å². The molecular weight excluding hydrogens is 469 g/mol. The highest BCUT2D eigenvalue weighted by molar-refractivity contribution is 7.99. The van der Waals surface area contributed by atoms with Crippen molar-refractivity contribution < 1.29 is 18.9 Å². The number of para-hydroxylation sites is 1. The Morgan fingerprint density at radius 1 is 1.09 bits per heavy atom. The number of non-ortho nitro benzene ring substituents is 1. The molecule has 2 saturated heterocycles. The van der Waals surface area contributed by atoms with Crippen LogP contribution in [-0.2, 0) is 10.3 Å². The first-order valence-electron chi connectivity index (χ1n) is 11.2. The first-order chi connectivity index (χ1) is 16.9. The molecule has 3 aromatic carbocycles. The van der Waals surface area contributed by atoms with Crippen molar-refractivity contribution in [1.82, 2.24) is 4.90 Å². The van der Waals surface area contributed by atoms with Crippen molar-refractivity contribution in [2.24, 2.45) is 5.92 Å². The van der Waals surface area contributed by atoms with E-state index in [0.717, 1.165) is 11.1 Å². The maximum Gasteiger partial charge on any atom is 0.269 e. The number of nitrogens with zero attached hydrogens (tertiary/aromatic N) is 2. The summed E-state index contributed by atoms with van der Waals surface area (Å²) in [7, 11) is 0. The normalized spacial score (nSPS) is 27.0. The smallest absolute Gasteiger partial charge is 0.269 e. The van der Waals surface area contributed by atoms with Gasteiger partial charge in [-0.2, -0.15) is 0 Å². The maximum atomic E-state index is 14.2. The van der Waals surface area contributed by atoms with Crippen molar-refractivity contribution in [3.63, 3.8) is 0 Å². The van der Waals surface area contributed by atoms with Crippen LogP contribution >= 0.6 is 11.8 Å². The van der Waals surface area contributed by atoms with Crippen LogP contribution in [0.4, 0.5) is 15.8 Å². The summed E-state index contributed by atoms with van der Waals surface area (Å²) in [5.74, 6) is -0.856. The number of benzene rings is 3. The third-order valence-electron chi connectivity index (χ3n) is 7.43. The fraction of sp³-hybridized carbons (Fsp3) is 0.231. The summed E-state index contributed by atoms with van der Waals surface area (Å²) in [5, 5.41) is 14.2. The first kappa shape index (κ1) is 21.9. The number of carbonyl (C=O) groups excluding carboxylic acids is 2. The van der Waals surface area contributed by atoms with E-state index in [2.05, 4.69) is 10.2 Å². The third-order valence-corrected chi connectivity index (χ3v) is 8.47. The van der Waals surface area contributed by atoms with Crippen LogP contribution in [0.2, 0.25) is 0 Å². The SMILES string of the molecule is O=C(c1ccc(F)cc1)[C@@H]1[C@@H](c2ccc([N+](=O)[O-])cc2)[C@H]2CSCN2[C@@]12C(=O)Nc1ccccc12. The molecule has 0 bridgehead atoms. The molecule has 0 radical (unpaired) electrons. The van der Waals surface area contributed by atoms with Crippen molar-refractivity contribution in [3.8, 4) is 0 Å². The van der Waals surface area contributed by atoms with Crippen LogP contribution in [0.25, 0.3) is 0 Å². The molecule has 6 rings (SSSR count). The number of fused-ring (bicyclic) bond motifs is 4. The van der Waals surface area contributed by atoms with Gasteiger partial charge in [-0.15, -0.1) is 11.8 Å². The molecule has 4 atom stereocenters. The van der Waals surface area contributed by atoms with Gasteiger partial charge in [0, 0.05) is 52.5 Å². The van der Waals surface area contributed by atoms with Gasteiger partial charge in [0.05, 0.1) is 10.8 Å². The average molecular weight is 490 g/mol. The van der Waals surface area contributed by atoms with Gasteiger partial charge in [-0.25, -0.2) is 4.39 Å². The number of nitro benzene ring substituents is 1. The summed E-state index contributed by atoms with van der Waals surface area (Å²) in [6.45, 7) is 0. The summed E-state index contributed by atoms with van der Waals surface area (Å²) in [6.07, 6.45) is 0. The molecule has 0 unspecified atom stereocenters. The molecule has 3 aliphatic rings. The molecule has 2 fully saturated rings. The Labute approximate surface area is 204 Å². The summed E-state index contributed by atoms with van der Waals surface area (Å²) in [4.78, 5) is 41.0. The number of ketones is 1. The van der Waals surface area contributed by atoms with Gasteiger partial charge in [-0.05, 0) is 35.9 Å². The average Bonchev–Trinajstić information content (AvgIpc) is 3.52. The quantitative estimate of drug-likeness (QED) is 0.328. The lowest BCUT2D eigenvalue weighted by atomic mass is 9.69. The van der Waals surface area contributed by atoms with E-state index >= 15 is 0 Å². The zero-order valence-corrected chi connectivity index (χ0v) is 19.2. The van der Waals surface area contributed by atoms with Crippen molar-refractivity contribution in [1.29, 1.82) is 0 Å². The van der Waals surface area contributed by atoms with Crippen LogP contribution in [0.3, 0.4) is 0 Å². The zero-order valence-electron chi connectivity index (χ0n) is 18.4. The van der Waals surface area contributed by atoms with Crippen LogP contribution in [-0.4, -0.2) is 39.2 Å². The topological polar surface area (TPSA) is 92.5 Å². The second-order valence-electron chi connectivity index (χ2n) is 9.03. The van der Waals surface area contributed by atoms with Crippen LogP contribution in [0.1, 0.15) is 27.4 Å². The minimum atomic E-state index is -1.23. The van der Waals surface area contributed by atoms with Crippen LogP contribution in [0.15, 0.2) is 72.8 Å². The van der Waals surface area contributed by atoms with E-state index in [-0.39, 0.29) is 29.3 Å². The Morgan fingerprint density at radius 3 is 2.51 bits per heavy atom. The predicted octanol–water partition coefficient (Wildman–Crippen LogP) is 4.55. The molecule has 0 saturated carbocycles. The van der Waals surface area contributed by atoms with E-state index in [1.807, 2.05) is 24.3 Å². The van der Waals surface area contributed by atoms with E-state index in [9.17, 15) is 24.1 Å². The molecule has 1 N–H and O–H groups in total. The van der Waals surface area contributed by atoms with Gasteiger partial charge < -0.3 is 5.32 Å². The van der Waals surface area contributed by atoms with E-state index < -0.39 is 22.2 Å². The minimum Gasteiger partial charge on any atom is -0.324 e. The Morgan fingerprint density at radius 2 is 1.80 bits per heavy atom. The number of nitrogens with one attached hydrogen (secondary N) is 1. The number of Topliss-reactive ketones (excluding diaryl/α,β-unsaturated/α-hetero) is 1. The van der Waals surface area contributed by atoms with Crippen molar-refractivity contribution in [3.05, 3.63) is 105 Å². The van der Waals surface area contributed by atoms with Gasteiger partial charge in [0.25, 0.3) is 5.69 Å². The summed E-state index contributed by atoms with van der Waals surface area (Å²) < 4.78 is 13.7. The van der Waals surface area contributed by atoms with Gasteiger partial charge in [0.15, 0.2) is 5.78 Å².